The summed E-state index contributed by atoms with van der Waals surface area (Å²) in [5, 5.41) is 3.30. The molecule has 0 radical (unpaired) electrons. The fourth-order valence-electron chi connectivity index (χ4n) is 2.95. The molecule has 7 nitrogen and oxygen atoms in total. The third-order valence-electron chi connectivity index (χ3n) is 5.07. The molecule has 1 amide bonds. The lowest BCUT2D eigenvalue weighted by Crippen LogP contribution is -2.47. The minimum atomic E-state index is -0.517. The van der Waals surface area contributed by atoms with Gasteiger partial charge >= 0.3 is 6.09 Å². The lowest BCUT2D eigenvalue weighted by Gasteiger charge is -2.36. The number of anilines is 1. The van der Waals surface area contributed by atoms with Crippen molar-refractivity contribution in [3.8, 4) is 11.5 Å². The van der Waals surface area contributed by atoms with Crippen LogP contribution in [0.5, 0.6) is 11.5 Å². The average Bonchev–Trinajstić information content (AvgIpc) is 2.67. The van der Waals surface area contributed by atoms with Crippen LogP contribution in [0, 0.1) is 0 Å². The standard InChI is InChI=1S/C21H30N2O5/c1-8-21(4,5)22-12-15-13(3)23(20(25)28-9-2)16-11-18(27-7)17(26-6)10-14(16)19(15)24/h10-13,22H,8-9H2,1-7H3. The van der Waals surface area contributed by atoms with Gasteiger partial charge in [0, 0.05) is 23.4 Å². The molecule has 1 aliphatic heterocycles. The van der Waals surface area contributed by atoms with Gasteiger partial charge in [-0.1, -0.05) is 6.92 Å². The Hall–Kier alpha value is -2.70. The summed E-state index contributed by atoms with van der Waals surface area (Å²) in [6.45, 7) is 9.95. The summed E-state index contributed by atoms with van der Waals surface area (Å²) in [6.07, 6.45) is 2.07. The van der Waals surface area contributed by atoms with Crippen molar-refractivity contribution in [3.05, 3.63) is 29.5 Å². The summed E-state index contributed by atoms with van der Waals surface area (Å²) in [4.78, 5) is 27.4. The first kappa shape index (κ1) is 21.6. The van der Waals surface area contributed by atoms with Gasteiger partial charge in [0.15, 0.2) is 17.3 Å². The Morgan fingerprint density at radius 2 is 1.82 bits per heavy atom. The highest BCUT2D eigenvalue weighted by molar-refractivity contribution is 6.18. The quantitative estimate of drug-likeness (QED) is 0.742. The van der Waals surface area contributed by atoms with Gasteiger partial charge in [-0.2, -0.15) is 0 Å². The van der Waals surface area contributed by atoms with Crippen LogP contribution in [0.2, 0.25) is 0 Å². The second-order valence-corrected chi connectivity index (χ2v) is 7.28. The summed E-state index contributed by atoms with van der Waals surface area (Å²) < 4.78 is 15.9. The zero-order valence-electron chi connectivity index (χ0n) is 17.7. The second-order valence-electron chi connectivity index (χ2n) is 7.28. The molecule has 1 heterocycles. The van der Waals surface area contributed by atoms with E-state index in [1.807, 2.05) is 13.8 Å². The smallest absolute Gasteiger partial charge is 0.414 e. The SMILES string of the molecule is CCOC(=O)N1c2cc(OC)c(OC)cc2C(=O)C(=CNC(C)(C)CC)C1C. The summed E-state index contributed by atoms with van der Waals surface area (Å²) >= 11 is 0. The number of benzene rings is 1. The van der Waals surface area contributed by atoms with E-state index in [1.54, 1.807) is 32.2 Å². The van der Waals surface area contributed by atoms with Gasteiger partial charge in [0.1, 0.15) is 0 Å². The van der Waals surface area contributed by atoms with Crippen molar-refractivity contribution in [2.24, 2.45) is 0 Å². The van der Waals surface area contributed by atoms with Crippen LogP contribution < -0.4 is 19.7 Å². The molecule has 0 fully saturated rings. The zero-order chi connectivity index (χ0) is 21.1. The molecule has 1 aliphatic rings. The maximum absolute atomic E-state index is 13.2. The van der Waals surface area contributed by atoms with Gasteiger partial charge in [-0.25, -0.2) is 4.79 Å². The Bertz CT molecular complexity index is 785. The summed E-state index contributed by atoms with van der Waals surface area (Å²) in [5.41, 5.74) is 1.11. The van der Waals surface area contributed by atoms with E-state index >= 15 is 0 Å². The lowest BCUT2D eigenvalue weighted by atomic mass is 9.90. The third kappa shape index (κ3) is 4.08. The molecule has 1 aromatic carbocycles. The van der Waals surface area contributed by atoms with Crippen molar-refractivity contribution in [2.75, 3.05) is 25.7 Å². The number of hydrogen-bond acceptors (Lipinski definition) is 6. The Morgan fingerprint density at radius 1 is 1.21 bits per heavy atom. The number of Topliss-reactive ketones (excluding diaryl/α,β-unsaturated/α-hetero) is 1. The van der Waals surface area contributed by atoms with Crippen LogP contribution in [-0.4, -0.2) is 44.3 Å². The van der Waals surface area contributed by atoms with E-state index in [0.29, 0.717) is 28.3 Å². The first-order valence-corrected chi connectivity index (χ1v) is 9.45. The van der Waals surface area contributed by atoms with E-state index < -0.39 is 12.1 Å². The van der Waals surface area contributed by atoms with Gasteiger partial charge < -0.3 is 19.5 Å². The van der Waals surface area contributed by atoms with Gasteiger partial charge in [0.2, 0.25) is 0 Å². The van der Waals surface area contributed by atoms with Crippen LogP contribution >= 0.6 is 0 Å². The third-order valence-corrected chi connectivity index (χ3v) is 5.07. The molecule has 0 aromatic heterocycles. The topological polar surface area (TPSA) is 77.1 Å². The van der Waals surface area contributed by atoms with Crippen LogP contribution in [0.3, 0.4) is 0 Å². The van der Waals surface area contributed by atoms with Gasteiger partial charge in [0.05, 0.1) is 38.1 Å². The van der Waals surface area contributed by atoms with Crippen LogP contribution in [0.25, 0.3) is 0 Å². The maximum atomic E-state index is 13.2. The van der Waals surface area contributed by atoms with Crippen molar-refractivity contribution in [3.63, 3.8) is 0 Å². The molecule has 0 saturated carbocycles. The van der Waals surface area contributed by atoms with Crippen LogP contribution in [-0.2, 0) is 4.74 Å². The molecule has 0 bridgehead atoms. The van der Waals surface area contributed by atoms with Crippen LogP contribution in [0.1, 0.15) is 51.4 Å². The number of amides is 1. The predicted molar refractivity (Wildman–Crippen MR) is 108 cm³/mol. The Labute approximate surface area is 166 Å². The average molecular weight is 390 g/mol. The van der Waals surface area contributed by atoms with E-state index in [9.17, 15) is 9.59 Å². The van der Waals surface area contributed by atoms with E-state index in [4.69, 9.17) is 14.2 Å². The summed E-state index contributed by atoms with van der Waals surface area (Å²) in [6, 6.07) is 2.74. The highest BCUT2D eigenvalue weighted by Gasteiger charge is 2.39. The number of carbonyl (C=O) groups excluding carboxylic acids is 2. The summed E-state index contributed by atoms with van der Waals surface area (Å²) in [5.74, 6) is 0.700. The fourth-order valence-corrected chi connectivity index (χ4v) is 2.95. The monoisotopic (exact) mass is 390 g/mol. The molecule has 0 aliphatic carbocycles. The Kier molecular flexibility index (Phi) is 6.59. The molecule has 28 heavy (non-hydrogen) atoms. The second kappa shape index (κ2) is 8.54. The van der Waals surface area contributed by atoms with Crippen molar-refractivity contribution >= 4 is 17.6 Å². The number of fused-ring (bicyclic) bond motifs is 1. The van der Waals surface area contributed by atoms with E-state index in [-0.39, 0.29) is 17.9 Å². The number of rotatable bonds is 6. The summed E-state index contributed by atoms with van der Waals surface area (Å²) in [7, 11) is 3.01. The molecule has 1 N–H and O–H groups in total. The van der Waals surface area contributed by atoms with Crippen molar-refractivity contribution < 1.29 is 23.8 Å². The van der Waals surface area contributed by atoms with Crippen LogP contribution in [0.15, 0.2) is 23.9 Å². The first-order valence-electron chi connectivity index (χ1n) is 9.45. The molecule has 2 rings (SSSR count). The molecule has 1 atom stereocenters. The van der Waals surface area contributed by atoms with E-state index in [1.165, 1.54) is 19.1 Å². The van der Waals surface area contributed by atoms with Gasteiger partial charge in [0.25, 0.3) is 0 Å². The highest BCUT2D eigenvalue weighted by Crippen LogP contribution is 2.41. The molecule has 154 valence electrons. The number of nitrogens with one attached hydrogen (secondary N) is 1. The van der Waals surface area contributed by atoms with E-state index in [0.717, 1.165) is 6.42 Å². The van der Waals surface area contributed by atoms with Crippen molar-refractivity contribution in [1.29, 1.82) is 0 Å². The van der Waals surface area contributed by atoms with E-state index in [2.05, 4.69) is 12.2 Å². The number of methoxy groups -OCH3 is 2. The maximum Gasteiger partial charge on any atom is 0.414 e. The van der Waals surface area contributed by atoms with Gasteiger partial charge in [-0.3, -0.25) is 9.69 Å². The molecule has 0 spiro atoms. The number of hydrogen-bond donors (Lipinski definition) is 1. The number of carbonyl (C=O) groups is 2. The number of ketones is 1. The first-order chi connectivity index (χ1) is 13.2. The van der Waals surface area contributed by atoms with Crippen LogP contribution in [0.4, 0.5) is 10.5 Å². The molecular weight excluding hydrogens is 360 g/mol. The minimum Gasteiger partial charge on any atom is -0.493 e. The van der Waals surface area contributed by atoms with Gasteiger partial charge in [-0.05, 0) is 40.2 Å². The normalized spacial score (nSPS) is 18.0. The largest absolute Gasteiger partial charge is 0.493 e. The minimum absolute atomic E-state index is 0.164. The van der Waals surface area contributed by atoms with Crippen molar-refractivity contribution in [1.82, 2.24) is 5.32 Å². The molecule has 1 unspecified atom stereocenters. The molecule has 1 aromatic rings. The lowest BCUT2D eigenvalue weighted by molar-refractivity contribution is 0.102. The van der Waals surface area contributed by atoms with Crippen molar-refractivity contribution in [2.45, 2.75) is 52.6 Å². The fraction of sp³-hybridized carbons (Fsp3) is 0.524. The molecule has 0 saturated heterocycles. The Balaban J connectivity index is 2.63. The molecular formula is C21H30N2O5. The Morgan fingerprint density at radius 3 is 2.36 bits per heavy atom. The number of nitrogens with zero attached hydrogens (tertiary/aromatic N) is 1. The molecule has 7 heteroatoms. The highest BCUT2D eigenvalue weighted by atomic mass is 16.6. The zero-order valence-corrected chi connectivity index (χ0v) is 17.7. The predicted octanol–water partition coefficient (Wildman–Crippen LogP) is 3.91. The van der Waals surface area contributed by atoms with Gasteiger partial charge in [-0.15, -0.1) is 0 Å². The number of ether oxygens (including phenoxy) is 3.